The van der Waals surface area contributed by atoms with Gasteiger partial charge in [0.25, 0.3) is 0 Å². The molecule has 2 aromatic heterocycles. The van der Waals surface area contributed by atoms with Crippen LogP contribution in [0.2, 0.25) is 0 Å². The van der Waals surface area contributed by atoms with Crippen molar-refractivity contribution in [1.82, 2.24) is 4.57 Å². The predicted octanol–water partition coefficient (Wildman–Crippen LogP) is 6.78. The fraction of sp³-hybridized carbons (Fsp3) is 0.273. The van der Waals surface area contributed by atoms with Gasteiger partial charge in [-0.2, -0.15) is 0 Å². The number of hydrogen-bond acceptors (Lipinski definition) is 5. The van der Waals surface area contributed by atoms with E-state index in [2.05, 4.69) is 53.2 Å². The molecule has 4 aromatic rings. The number of aryl methyl sites for hydroxylation is 2. The van der Waals surface area contributed by atoms with Gasteiger partial charge in [-0.3, -0.25) is 4.57 Å². The van der Waals surface area contributed by atoms with Crippen LogP contribution in [0.15, 0.2) is 53.9 Å². The Labute approximate surface area is 174 Å². The molecule has 0 bridgehead atoms. The van der Waals surface area contributed by atoms with Crippen molar-refractivity contribution >= 4 is 46.4 Å². The van der Waals surface area contributed by atoms with Crippen molar-refractivity contribution in [2.75, 3.05) is 19.5 Å². The number of hydrogen-bond donors (Lipinski definition) is 1. The molecule has 0 aliphatic heterocycles. The second-order valence-electron chi connectivity index (χ2n) is 6.91. The van der Waals surface area contributed by atoms with Gasteiger partial charge in [0.2, 0.25) is 0 Å². The molecule has 29 heavy (non-hydrogen) atoms. The van der Waals surface area contributed by atoms with Crippen molar-refractivity contribution in [2.24, 2.45) is 0 Å². The largest absolute Gasteiger partial charge is 0.367 e. The molecule has 0 fully saturated rings. The molecule has 0 saturated heterocycles. The lowest BCUT2D eigenvalue weighted by Crippen LogP contribution is -2.13. The minimum Gasteiger partial charge on any atom is -0.367 e. The molecule has 0 radical (unpaired) electrons. The van der Waals surface area contributed by atoms with Crippen molar-refractivity contribution in [1.29, 1.82) is 0 Å². The third-order valence-electron chi connectivity index (χ3n) is 5.37. The molecule has 0 saturated carbocycles. The first kappa shape index (κ1) is 20.2. The summed E-state index contributed by atoms with van der Waals surface area (Å²) in [5.41, 5.74) is 4.34. The predicted molar refractivity (Wildman–Crippen MR) is 122 cm³/mol. The fourth-order valence-electron chi connectivity index (χ4n) is 3.88. The Hall–Kier alpha value is -2.11. The van der Waals surface area contributed by atoms with Crippen LogP contribution in [-0.4, -0.2) is 18.8 Å². The summed E-state index contributed by atoms with van der Waals surface area (Å²) < 4.78 is 26.3. The average molecular weight is 428 g/mol. The van der Waals surface area contributed by atoms with Crippen molar-refractivity contribution in [3.8, 4) is 0 Å². The van der Waals surface area contributed by atoms with E-state index in [1.165, 1.54) is 36.0 Å². The SMILES string of the molecule is CCn1c2ccccc2c2cc(NC(c3sccc3C)P(=O)(OC)OC)ccc21. The third-order valence-corrected chi connectivity index (χ3v) is 8.66. The molecule has 0 amide bonds. The highest BCUT2D eigenvalue weighted by Crippen LogP contribution is 2.61. The second-order valence-corrected chi connectivity index (χ2v) is 10.2. The quantitative estimate of drug-likeness (QED) is 0.330. The maximum Gasteiger partial charge on any atom is 0.357 e. The number of fused-ring (bicyclic) bond motifs is 3. The number of benzene rings is 2. The van der Waals surface area contributed by atoms with E-state index in [9.17, 15) is 4.57 Å². The molecule has 7 heteroatoms. The minimum absolute atomic E-state index is 0.575. The average Bonchev–Trinajstić information content (AvgIpc) is 3.31. The number of anilines is 1. The summed E-state index contributed by atoms with van der Waals surface area (Å²) in [6.07, 6.45) is 0. The van der Waals surface area contributed by atoms with Crippen molar-refractivity contribution in [2.45, 2.75) is 26.2 Å². The standard InChI is InChI=1S/C22H25N2O3PS/c1-5-24-19-9-7-6-8-17(19)18-14-16(10-11-20(18)24)23-22(28(25,26-3)27-4)21-15(2)12-13-29-21/h6-14,22-23H,5H2,1-4H3. The molecule has 152 valence electrons. The molecule has 2 heterocycles. The maximum absolute atomic E-state index is 13.3. The zero-order valence-corrected chi connectivity index (χ0v) is 18.7. The first-order chi connectivity index (χ1) is 14.0. The smallest absolute Gasteiger partial charge is 0.357 e. The van der Waals surface area contributed by atoms with Gasteiger partial charge in [0, 0.05) is 53.1 Å². The molecule has 4 rings (SSSR count). The lowest BCUT2D eigenvalue weighted by Gasteiger charge is -2.26. The number of thiophene rings is 1. The van der Waals surface area contributed by atoms with Crippen LogP contribution in [0.25, 0.3) is 21.8 Å². The highest BCUT2D eigenvalue weighted by atomic mass is 32.1. The molecule has 0 aliphatic rings. The van der Waals surface area contributed by atoms with E-state index in [1.54, 1.807) is 11.3 Å². The Bertz CT molecular complexity index is 1210. The highest BCUT2D eigenvalue weighted by molar-refractivity contribution is 7.54. The number of nitrogens with zero attached hydrogens (tertiary/aromatic N) is 1. The van der Waals surface area contributed by atoms with E-state index in [4.69, 9.17) is 9.05 Å². The normalized spacial score (nSPS) is 13.2. The molecule has 2 aromatic carbocycles. The monoisotopic (exact) mass is 428 g/mol. The maximum atomic E-state index is 13.3. The van der Waals surface area contributed by atoms with Gasteiger partial charge in [-0.15, -0.1) is 11.3 Å². The summed E-state index contributed by atoms with van der Waals surface area (Å²) in [4.78, 5) is 0.952. The summed E-state index contributed by atoms with van der Waals surface area (Å²) in [7, 11) is -0.526. The Kier molecular flexibility index (Phi) is 5.54. The van der Waals surface area contributed by atoms with Crippen LogP contribution in [0, 0.1) is 6.92 Å². The van der Waals surface area contributed by atoms with Crippen LogP contribution >= 0.6 is 18.9 Å². The first-order valence-electron chi connectivity index (χ1n) is 9.55. The molecule has 1 atom stereocenters. The van der Waals surface area contributed by atoms with E-state index in [-0.39, 0.29) is 0 Å². The van der Waals surface area contributed by atoms with E-state index >= 15 is 0 Å². The van der Waals surface area contributed by atoms with Crippen LogP contribution in [0.4, 0.5) is 5.69 Å². The lowest BCUT2D eigenvalue weighted by molar-refractivity contribution is 0.269. The van der Waals surface area contributed by atoms with E-state index in [0.717, 1.165) is 22.7 Å². The Balaban J connectivity index is 1.84. The van der Waals surface area contributed by atoms with Gasteiger partial charge < -0.3 is 18.9 Å². The van der Waals surface area contributed by atoms with Crippen LogP contribution in [0.1, 0.15) is 23.1 Å². The van der Waals surface area contributed by atoms with E-state index < -0.39 is 13.4 Å². The summed E-state index contributed by atoms with van der Waals surface area (Å²) in [6, 6.07) is 16.7. The molecular weight excluding hydrogens is 403 g/mol. The second kappa shape index (κ2) is 7.96. The molecule has 5 nitrogen and oxygen atoms in total. The Morgan fingerprint density at radius 2 is 1.79 bits per heavy atom. The van der Waals surface area contributed by atoms with Crippen LogP contribution in [0.3, 0.4) is 0 Å². The number of nitrogens with one attached hydrogen (secondary N) is 1. The van der Waals surface area contributed by atoms with Crippen LogP contribution in [0.5, 0.6) is 0 Å². The van der Waals surface area contributed by atoms with Crippen molar-refractivity contribution in [3.05, 3.63) is 64.4 Å². The van der Waals surface area contributed by atoms with Crippen LogP contribution in [-0.2, 0) is 20.2 Å². The highest BCUT2D eigenvalue weighted by Gasteiger charge is 2.37. The zero-order chi connectivity index (χ0) is 20.6. The van der Waals surface area contributed by atoms with Crippen LogP contribution < -0.4 is 5.32 Å². The van der Waals surface area contributed by atoms with Gasteiger partial charge in [-0.05, 0) is 55.1 Å². The van der Waals surface area contributed by atoms with Gasteiger partial charge >= 0.3 is 7.60 Å². The summed E-state index contributed by atoms with van der Waals surface area (Å²) in [6.45, 7) is 5.06. The topological polar surface area (TPSA) is 52.5 Å². The molecule has 0 spiro atoms. The Morgan fingerprint density at radius 3 is 2.45 bits per heavy atom. The van der Waals surface area contributed by atoms with Crippen molar-refractivity contribution < 1.29 is 13.6 Å². The number of aromatic nitrogens is 1. The molecule has 0 aliphatic carbocycles. The first-order valence-corrected chi connectivity index (χ1v) is 12.0. The fourth-order valence-corrected chi connectivity index (χ4v) is 6.68. The summed E-state index contributed by atoms with van der Waals surface area (Å²) in [5.74, 6) is -0.575. The number of rotatable bonds is 7. The number of para-hydroxylation sites is 1. The van der Waals surface area contributed by atoms with E-state index in [1.807, 2.05) is 24.4 Å². The molecular formula is C22H25N2O3PS. The van der Waals surface area contributed by atoms with Gasteiger partial charge in [0.05, 0.1) is 0 Å². The van der Waals surface area contributed by atoms with Gasteiger partial charge in [0.15, 0.2) is 5.78 Å². The van der Waals surface area contributed by atoms with E-state index in [0.29, 0.717) is 0 Å². The third kappa shape index (κ3) is 3.40. The van der Waals surface area contributed by atoms with Crippen molar-refractivity contribution in [3.63, 3.8) is 0 Å². The zero-order valence-electron chi connectivity index (χ0n) is 17.0. The lowest BCUT2D eigenvalue weighted by atomic mass is 10.1. The summed E-state index contributed by atoms with van der Waals surface area (Å²) >= 11 is 1.55. The molecule has 1 unspecified atom stereocenters. The van der Waals surface area contributed by atoms with Gasteiger partial charge in [0.1, 0.15) is 0 Å². The molecule has 1 N–H and O–H groups in total. The van der Waals surface area contributed by atoms with Gasteiger partial charge in [-0.1, -0.05) is 18.2 Å². The summed E-state index contributed by atoms with van der Waals surface area (Å²) in [5, 5.41) is 7.80. The van der Waals surface area contributed by atoms with Gasteiger partial charge in [-0.25, -0.2) is 0 Å². The minimum atomic E-state index is -3.39. The Morgan fingerprint density at radius 1 is 1.07 bits per heavy atom.